The summed E-state index contributed by atoms with van der Waals surface area (Å²) in [5, 5.41) is 27.7. The van der Waals surface area contributed by atoms with Gasteiger partial charge in [0.25, 0.3) is 5.60 Å². The molecule has 1 aliphatic heterocycles. The number of carbonyl (C=O) groups excluding carboxylic acids is 4. The van der Waals surface area contributed by atoms with Crippen molar-refractivity contribution in [3.05, 3.63) is 12.7 Å². The van der Waals surface area contributed by atoms with Gasteiger partial charge in [0, 0.05) is 6.42 Å². The third kappa shape index (κ3) is 3.96. The molecule has 1 saturated heterocycles. The first kappa shape index (κ1) is 19.7. The second-order valence-electron chi connectivity index (χ2n) is 4.84. The van der Waals surface area contributed by atoms with Crippen LogP contribution in [0.1, 0.15) is 12.8 Å². The number of ketones is 1. The van der Waals surface area contributed by atoms with Gasteiger partial charge in [-0.1, -0.05) is 6.08 Å². The van der Waals surface area contributed by atoms with Crippen LogP contribution < -0.4 is 0 Å². The molecule has 10 heteroatoms. The van der Waals surface area contributed by atoms with Crippen LogP contribution in [0, 0.1) is 0 Å². The highest BCUT2D eigenvalue weighted by atomic mass is 16.7. The van der Waals surface area contributed by atoms with Crippen LogP contribution >= 0.6 is 0 Å². The van der Waals surface area contributed by atoms with Gasteiger partial charge in [-0.3, -0.25) is 4.79 Å². The van der Waals surface area contributed by atoms with E-state index >= 15 is 0 Å². The minimum absolute atomic E-state index is 0.119. The molecule has 3 unspecified atom stereocenters. The van der Waals surface area contributed by atoms with Crippen molar-refractivity contribution in [2.75, 3.05) is 19.8 Å². The molecule has 0 bridgehead atoms. The van der Waals surface area contributed by atoms with Crippen molar-refractivity contribution in [2.45, 2.75) is 30.7 Å². The smallest absolute Gasteiger partial charge is 0.362 e. The molecule has 0 aromatic carbocycles. The highest BCUT2D eigenvalue weighted by molar-refractivity contribution is 6.09. The lowest BCUT2D eigenvalue weighted by Gasteiger charge is -2.28. The zero-order valence-electron chi connectivity index (χ0n) is 12.7. The number of rotatable bonds is 7. The van der Waals surface area contributed by atoms with Gasteiger partial charge < -0.3 is 29.5 Å². The van der Waals surface area contributed by atoms with Crippen LogP contribution in [0.2, 0.25) is 0 Å². The Morgan fingerprint density at radius 1 is 1.08 bits per heavy atom. The van der Waals surface area contributed by atoms with E-state index in [1.165, 1.54) is 6.08 Å². The Hall–Kier alpha value is -2.30. The molecule has 0 aromatic heterocycles. The molecule has 1 aliphatic rings. The van der Waals surface area contributed by atoms with E-state index in [0.29, 0.717) is 0 Å². The Morgan fingerprint density at radius 3 is 2.17 bits per heavy atom. The standard InChI is InChI=1S/C14H18O10/c1-2-3-4-10(18)14(7-17)13(21)23-8(5-15)11(19)22-9(6-16)12(20)24-14/h2,8-9,15-17H,1,3-7H2. The van der Waals surface area contributed by atoms with Crippen LogP contribution in [0.25, 0.3) is 0 Å². The average molecular weight is 346 g/mol. The van der Waals surface area contributed by atoms with Gasteiger partial charge in [0.2, 0.25) is 12.2 Å². The van der Waals surface area contributed by atoms with Crippen LogP contribution in [-0.2, 0) is 33.4 Å². The van der Waals surface area contributed by atoms with E-state index in [0.717, 1.165) is 0 Å². The molecule has 134 valence electrons. The zero-order chi connectivity index (χ0) is 18.3. The molecular formula is C14H18O10. The largest absolute Gasteiger partial charge is 0.445 e. The van der Waals surface area contributed by atoms with Gasteiger partial charge in [-0.05, 0) is 6.42 Å². The first-order chi connectivity index (χ1) is 11.4. The second kappa shape index (κ2) is 8.52. The molecule has 0 amide bonds. The predicted molar refractivity (Wildman–Crippen MR) is 74.3 cm³/mol. The monoisotopic (exact) mass is 346 g/mol. The van der Waals surface area contributed by atoms with Crippen molar-refractivity contribution >= 4 is 23.7 Å². The van der Waals surface area contributed by atoms with Gasteiger partial charge >= 0.3 is 17.9 Å². The van der Waals surface area contributed by atoms with E-state index in [1.54, 1.807) is 0 Å². The van der Waals surface area contributed by atoms with E-state index < -0.39 is 61.3 Å². The van der Waals surface area contributed by atoms with Crippen molar-refractivity contribution < 1.29 is 48.7 Å². The summed E-state index contributed by atoms with van der Waals surface area (Å²) in [6, 6.07) is 0. The van der Waals surface area contributed by atoms with Crippen molar-refractivity contribution in [3.8, 4) is 0 Å². The van der Waals surface area contributed by atoms with Gasteiger partial charge in [-0.25, -0.2) is 14.4 Å². The van der Waals surface area contributed by atoms with Gasteiger partial charge in [-0.15, -0.1) is 6.58 Å². The summed E-state index contributed by atoms with van der Waals surface area (Å²) in [6.45, 7) is 0.147. The lowest BCUT2D eigenvalue weighted by molar-refractivity contribution is -0.194. The summed E-state index contributed by atoms with van der Waals surface area (Å²) in [5.74, 6) is -5.25. The van der Waals surface area contributed by atoms with E-state index in [-0.39, 0.29) is 12.8 Å². The quantitative estimate of drug-likeness (QED) is 0.197. The van der Waals surface area contributed by atoms with E-state index in [1.807, 2.05) is 0 Å². The molecule has 0 radical (unpaired) electrons. The number of esters is 3. The molecular weight excluding hydrogens is 328 g/mol. The Labute approximate surface area is 136 Å². The van der Waals surface area contributed by atoms with E-state index in [4.69, 9.17) is 14.9 Å². The molecule has 0 aliphatic carbocycles. The van der Waals surface area contributed by atoms with E-state index in [2.05, 4.69) is 16.1 Å². The lowest BCUT2D eigenvalue weighted by Crippen LogP contribution is -2.56. The lowest BCUT2D eigenvalue weighted by atomic mass is 9.95. The fourth-order valence-corrected chi connectivity index (χ4v) is 1.83. The summed E-state index contributed by atoms with van der Waals surface area (Å²) < 4.78 is 14.0. The minimum atomic E-state index is -2.73. The van der Waals surface area contributed by atoms with Crippen molar-refractivity contribution in [2.24, 2.45) is 0 Å². The highest BCUT2D eigenvalue weighted by Crippen LogP contribution is 2.22. The van der Waals surface area contributed by atoms with Crippen LogP contribution in [0.5, 0.6) is 0 Å². The van der Waals surface area contributed by atoms with Gasteiger partial charge in [0.1, 0.15) is 6.61 Å². The van der Waals surface area contributed by atoms with Crippen LogP contribution in [0.3, 0.4) is 0 Å². The molecule has 3 atom stereocenters. The SMILES string of the molecule is C=CCCC(=O)C1(CO)OC(=O)C(CO)OC(=O)C(CO)OC1=O. The number of Topliss-reactive ketones (excluding diaryl/α,β-unsaturated/α-hetero) is 1. The normalized spacial score (nSPS) is 27.9. The maximum Gasteiger partial charge on any atom is 0.362 e. The predicted octanol–water partition coefficient (Wildman–Crippen LogP) is -2.38. The second-order valence-corrected chi connectivity index (χ2v) is 4.84. The fourth-order valence-electron chi connectivity index (χ4n) is 1.83. The minimum Gasteiger partial charge on any atom is -0.445 e. The summed E-state index contributed by atoms with van der Waals surface area (Å²) >= 11 is 0. The maximum atomic E-state index is 12.3. The third-order valence-corrected chi connectivity index (χ3v) is 3.22. The number of hydrogen-bond donors (Lipinski definition) is 3. The van der Waals surface area contributed by atoms with Gasteiger partial charge in [-0.2, -0.15) is 0 Å². The van der Waals surface area contributed by atoms with Crippen LogP contribution in [-0.4, -0.2) is 76.6 Å². The Kier molecular flexibility index (Phi) is 7.01. The van der Waals surface area contributed by atoms with Crippen LogP contribution in [0.15, 0.2) is 12.7 Å². The van der Waals surface area contributed by atoms with Crippen molar-refractivity contribution in [1.82, 2.24) is 0 Å². The number of carbonyl (C=O) groups is 4. The molecule has 24 heavy (non-hydrogen) atoms. The third-order valence-electron chi connectivity index (χ3n) is 3.22. The number of ether oxygens (including phenoxy) is 3. The molecule has 0 aromatic rings. The first-order valence-electron chi connectivity index (χ1n) is 6.97. The molecule has 1 rings (SSSR count). The van der Waals surface area contributed by atoms with Crippen molar-refractivity contribution in [1.29, 1.82) is 0 Å². The number of allylic oxidation sites excluding steroid dienone is 1. The van der Waals surface area contributed by atoms with Crippen molar-refractivity contribution in [3.63, 3.8) is 0 Å². The number of aliphatic hydroxyl groups is 3. The number of hydrogen-bond acceptors (Lipinski definition) is 10. The molecule has 1 heterocycles. The summed E-state index contributed by atoms with van der Waals surface area (Å²) in [4.78, 5) is 48.2. The highest BCUT2D eigenvalue weighted by Gasteiger charge is 2.53. The summed E-state index contributed by atoms with van der Waals surface area (Å²) in [5.41, 5.74) is -2.73. The average Bonchev–Trinajstić information content (AvgIpc) is 2.61. The fraction of sp³-hybridized carbons (Fsp3) is 0.571. The topological polar surface area (TPSA) is 157 Å². The first-order valence-corrected chi connectivity index (χ1v) is 6.97. The summed E-state index contributed by atoms with van der Waals surface area (Å²) in [7, 11) is 0. The molecule has 1 fully saturated rings. The summed E-state index contributed by atoms with van der Waals surface area (Å²) in [6.07, 6.45) is -2.52. The zero-order valence-corrected chi connectivity index (χ0v) is 12.7. The van der Waals surface area contributed by atoms with Gasteiger partial charge in [0.05, 0.1) is 13.2 Å². The maximum absolute atomic E-state index is 12.3. The molecule has 3 N–H and O–H groups in total. The molecule has 10 nitrogen and oxygen atoms in total. The van der Waals surface area contributed by atoms with Gasteiger partial charge in [0.15, 0.2) is 5.78 Å². The van der Waals surface area contributed by atoms with E-state index in [9.17, 15) is 24.3 Å². The van der Waals surface area contributed by atoms with Crippen LogP contribution in [0.4, 0.5) is 0 Å². The Bertz CT molecular complexity index is 526. The Balaban J connectivity index is 3.30. The Morgan fingerprint density at radius 2 is 1.67 bits per heavy atom. The number of cyclic esters (lactones) is 3. The number of aliphatic hydroxyl groups excluding tert-OH is 3. The molecule has 0 saturated carbocycles. The molecule has 0 spiro atoms.